The number of carbonyl (C=O) groups is 2. The van der Waals surface area contributed by atoms with Crippen molar-refractivity contribution in [3.05, 3.63) is 35.9 Å². The Labute approximate surface area is 161 Å². The topological polar surface area (TPSA) is 61.9 Å². The summed E-state index contributed by atoms with van der Waals surface area (Å²) in [6.07, 6.45) is 3.36. The fraction of sp³-hybridized carbons (Fsp3) is 0.619. The summed E-state index contributed by atoms with van der Waals surface area (Å²) in [7, 11) is 0. The van der Waals surface area contributed by atoms with Gasteiger partial charge in [0.05, 0.1) is 13.2 Å². The molecule has 1 N–H and O–H groups in total. The number of carbonyl (C=O) groups excluding carboxylic acids is 2. The van der Waals surface area contributed by atoms with E-state index in [9.17, 15) is 9.59 Å². The molecule has 1 aromatic rings. The number of hydrogen-bond donors (Lipinski definition) is 1. The average Bonchev–Trinajstić information content (AvgIpc) is 2.73. The molecule has 3 rings (SSSR count). The predicted octanol–water partition coefficient (Wildman–Crippen LogP) is 1.77. The quantitative estimate of drug-likeness (QED) is 0.740. The molecule has 2 aliphatic rings. The van der Waals surface area contributed by atoms with Crippen LogP contribution in [0.4, 0.5) is 0 Å². The van der Waals surface area contributed by atoms with Gasteiger partial charge in [-0.1, -0.05) is 18.2 Å². The summed E-state index contributed by atoms with van der Waals surface area (Å²) < 4.78 is 5.34. The van der Waals surface area contributed by atoms with Gasteiger partial charge in [-0.25, -0.2) is 0 Å². The summed E-state index contributed by atoms with van der Waals surface area (Å²) in [5.41, 5.74) is 0.744. The van der Waals surface area contributed by atoms with Crippen molar-refractivity contribution in [3.63, 3.8) is 0 Å². The van der Waals surface area contributed by atoms with Crippen LogP contribution < -0.4 is 5.32 Å². The molecule has 148 valence electrons. The van der Waals surface area contributed by atoms with Crippen LogP contribution in [0, 0.1) is 5.92 Å². The van der Waals surface area contributed by atoms with Crippen molar-refractivity contribution >= 4 is 11.8 Å². The molecule has 0 bridgehead atoms. The van der Waals surface area contributed by atoms with Gasteiger partial charge in [0.1, 0.15) is 0 Å². The minimum atomic E-state index is 0.0987. The zero-order chi connectivity index (χ0) is 18.9. The van der Waals surface area contributed by atoms with Crippen molar-refractivity contribution in [2.75, 3.05) is 52.5 Å². The Balaban J connectivity index is 1.29. The van der Waals surface area contributed by atoms with Crippen molar-refractivity contribution in [1.29, 1.82) is 0 Å². The van der Waals surface area contributed by atoms with Crippen molar-refractivity contribution in [2.45, 2.75) is 25.7 Å². The molecule has 0 radical (unpaired) electrons. The first-order valence-electron chi connectivity index (χ1n) is 10.1. The largest absolute Gasteiger partial charge is 0.379 e. The molecule has 0 aromatic heterocycles. The van der Waals surface area contributed by atoms with Crippen LogP contribution in [0.15, 0.2) is 30.3 Å². The van der Waals surface area contributed by atoms with Gasteiger partial charge in [-0.15, -0.1) is 0 Å². The number of piperidine rings is 1. The van der Waals surface area contributed by atoms with Crippen LogP contribution in [-0.4, -0.2) is 74.1 Å². The highest BCUT2D eigenvalue weighted by molar-refractivity contribution is 5.94. The number of likely N-dealkylation sites (tertiary alicyclic amines) is 1. The lowest BCUT2D eigenvalue weighted by atomic mass is 9.93. The van der Waals surface area contributed by atoms with Crippen LogP contribution in [0.3, 0.4) is 0 Å². The SMILES string of the molecule is O=C(CC1CCN(C(=O)c2ccccc2)CC1)NCCCN1CCOCC1. The average molecular weight is 373 g/mol. The molecular formula is C21H31N3O3. The van der Waals surface area contributed by atoms with Gasteiger partial charge >= 0.3 is 0 Å². The highest BCUT2D eigenvalue weighted by Crippen LogP contribution is 2.21. The standard InChI is InChI=1S/C21H31N3O3/c25-20(22-9-4-10-23-13-15-27-16-14-23)17-18-7-11-24(12-8-18)21(26)19-5-2-1-3-6-19/h1-3,5-6,18H,4,7-17H2,(H,22,25). The van der Waals surface area contributed by atoms with E-state index < -0.39 is 0 Å². The normalized spacial score (nSPS) is 19.0. The lowest BCUT2D eigenvalue weighted by Gasteiger charge is -2.32. The number of benzene rings is 1. The van der Waals surface area contributed by atoms with Crippen molar-refractivity contribution < 1.29 is 14.3 Å². The molecule has 0 spiro atoms. The fourth-order valence-electron chi connectivity index (χ4n) is 3.79. The molecule has 0 saturated carbocycles. The number of amides is 2. The first kappa shape index (κ1) is 19.8. The molecule has 6 nitrogen and oxygen atoms in total. The maximum absolute atomic E-state index is 12.5. The van der Waals surface area contributed by atoms with Crippen LogP contribution in [0.5, 0.6) is 0 Å². The molecule has 2 heterocycles. The molecule has 2 fully saturated rings. The number of morpholine rings is 1. The Morgan fingerprint density at radius 3 is 2.44 bits per heavy atom. The Morgan fingerprint density at radius 1 is 1.04 bits per heavy atom. The summed E-state index contributed by atoms with van der Waals surface area (Å²) in [4.78, 5) is 28.9. The Kier molecular flexibility index (Phi) is 7.66. The highest BCUT2D eigenvalue weighted by atomic mass is 16.5. The van der Waals surface area contributed by atoms with Gasteiger partial charge in [0, 0.05) is 44.7 Å². The summed E-state index contributed by atoms with van der Waals surface area (Å²) in [5.74, 6) is 0.621. The van der Waals surface area contributed by atoms with Crippen molar-refractivity contribution in [2.24, 2.45) is 5.92 Å². The van der Waals surface area contributed by atoms with E-state index in [4.69, 9.17) is 4.74 Å². The molecule has 6 heteroatoms. The first-order chi connectivity index (χ1) is 13.2. The van der Waals surface area contributed by atoms with E-state index in [1.807, 2.05) is 35.2 Å². The number of ether oxygens (including phenoxy) is 1. The second kappa shape index (κ2) is 10.4. The molecule has 1 aromatic carbocycles. The Bertz CT molecular complexity index is 594. The van der Waals surface area contributed by atoms with Gasteiger partial charge < -0.3 is 15.0 Å². The van der Waals surface area contributed by atoms with Crippen LogP contribution in [0.2, 0.25) is 0 Å². The zero-order valence-corrected chi connectivity index (χ0v) is 16.1. The van der Waals surface area contributed by atoms with Crippen molar-refractivity contribution in [3.8, 4) is 0 Å². The van der Waals surface area contributed by atoms with Gasteiger partial charge in [-0.05, 0) is 43.9 Å². The van der Waals surface area contributed by atoms with Gasteiger partial charge in [0.2, 0.25) is 5.91 Å². The van der Waals surface area contributed by atoms with E-state index >= 15 is 0 Å². The molecule has 0 atom stereocenters. The number of nitrogens with zero attached hydrogens (tertiary/aromatic N) is 2. The molecule has 0 aliphatic carbocycles. The van der Waals surface area contributed by atoms with Crippen molar-refractivity contribution in [1.82, 2.24) is 15.1 Å². The number of hydrogen-bond acceptors (Lipinski definition) is 4. The first-order valence-corrected chi connectivity index (χ1v) is 10.1. The summed E-state index contributed by atoms with van der Waals surface area (Å²) in [6.45, 7) is 6.86. The summed E-state index contributed by atoms with van der Waals surface area (Å²) in [5, 5.41) is 3.05. The maximum atomic E-state index is 12.5. The number of nitrogens with one attached hydrogen (secondary N) is 1. The second-order valence-corrected chi connectivity index (χ2v) is 7.46. The third-order valence-electron chi connectivity index (χ3n) is 5.47. The van der Waals surface area contributed by atoms with E-state index in [0.29, 0.717) is 12.3 Å². The predicted molar refractivity (Wildman–Crippen MR) is 105 cm³/mol. The van der Waals surface area contributed by atoms with E-state index in [2.05, 4.69) is 10.2 Å². The number of rotatable bonds is 7. The molecule has 27 heavy (non-hydrogen) atoms. The minimum absolute atomic E-state index is 0.0987. The fourth-order valence-corrected chi connectivity index (χ4v) is 3.79. The van der Waals surface area contributed by atoms with Crippen LogP contribution in [0.1, 0.15) is 36.0 Å². The van der Waals surface area contributed by atoms with Gasteiger partial charge in [-0.2, -0.15) is 0 Å². The maximum Gasteiger partial charge on any atom is 0.253 e. The molecule has 2 amide bonds. The summed E-state index contributed by atoms with van der Waals surface area (Å²) in [6, 6.07) is 9.42. The highest BCUT2D eigenvalue weighted by Gasteiger charge is 2.24. The van der Waals surface area contributed by atoms with Gasteiger partial charge in [0.25, 0.3) is 5.91 Å². The monoisotopic (exact) mass is 373 g/mol. The van der Waals surface area contributed by atoms with E-state index in [1.165, 1.54) is 0 Å². The molecule has 2 saturated heterocycles. The lowest BCUT2D eigenvalue weighted by Crippen LogP contribution is -2.40. The van der Waals surface area contributed by atoms with E-state index in [1.54, 1.807) is 0 Å². The zero-order valence-electron chi connectivity index (χ0n) is 16.1. The second-order valence-electron chi connectivity index (χ2n) is 7.46. The summed E-state index contributed by atoms with van der Waals surface area (Å²) >= 11 is 0. The third-order valence-corrected chi connectivity index (χ3v) is 5.47. The molecule has 0 unspecified atom stereocenters. The smallest absolute Gasteiger partial charge is 0.253 e. The van der Waals surface area contributed by atoms with Crippen LogP contribution >= 0.6 is 0 Å². The Morgan fingerprint density at radius 2 is 1.74 bits per heavy atom. The molecule has 2 aliphatic heterocycles. The van der Waals surface area contributed by atoms with Gasteiger partial charge in [-0.3, -0.25) is 14.5 Å². The van der Waals surface area contributed by atoms with Crippen LogP contribution in [-0.2, 0) is 9.53 Å². The lowest BCUT2D eigenvalue weighted by molar-refractivity contribution is -0.122. The van der Waals surface area contributed by atoms with E-state index in [-0.39, 0.29) is 11.8 Å². The van der Waals surface area contributed by atoms with Gasteiger partial charge in [0.15, 0.2) is 0 Å². The Hall–Kier alpha value is -1.92. The molecular weight excluding hydrogens is 342 g/mol. The third kappa shape index (κ3) is 6.33. The minimum Gasteiger partial charge on any atom is -0.379 e. The van der Waals surface area contributed by atoms with Crippen LogP contribution in [0.25, 0.3) is 0 Å². The van der Waals surface area contributed by atoms with E-state index in [0.717, 1.165) is 77.3 Å².